The molecule has 2 aromatic rings. The third-order valence-corrected chi connectivity index (χ3v) is 5.19. The Morgan fingerprint density at radius 1 is 1.15 bits per heavy atom. The maximum absolute atomic E-state index is 11.9. The summed E-state index contributed by atoms with van der Waals surface area (Å²) in [6, 6.07) is 13.1. The summed E-state index contributed by atoms with van der Waals surface area (Å²) in [5.74, 6) is 0.0220. The number of hydrogen-bond acceptors (Lipinski definition) is 4. The van der Waals surface area contributed by atoms with Gasteiger partial charge in [0, 0.05) is 11.4 Å². The van der Waals surface area contributed by atoms with Gasteiger partial charge in [-0.3, -0.25) is 0 Å². The molecule has 0 fully saturated rings. The standard InChI is InChI=1S/C14H17NO3S2/c16-13(14-7-4-9-19-14)11-15-20(17,18)10-8-12-5-2-1-3-6-12/h1-7,9,13,15-16H,8,10-11H2/t13-/m1/s1. The lowest BCUT2D eigenvalue weighted by molar-refractivity contribution is 0.186. The van der Waals surface area contributed by atoms with Crippen molar-refractivity contribution in [2.45, 2.75) is 12.5 Å². The number of aliphatic hydroxyl groups is 1. The molecule has 0 aliphatic heterocycles. The molecule has 4 nitrogen and oxygen atoms in total. The fourth-order valence-electron chi connectivity index (χ4n) is 1.76. The van der Waals surface area contributed by atoms with E-state index >= 15 is 0 Å². The molecule has 1 aromatic carbocycles. The molecule has 1 heterocycles. The highest BCUT2D eigenvalue weighted by Gasteiger charge is 2.14. The van der Waals surface area contributed by atoms with E-state index in [1.807, 2.05) is 41.8 Å². The van der Waals surface area contributed by atoms with Gasteiger partial charge in [0.2, 0.25) is 10.0 Å². The molecule has 0 radical (unpaired) electrons. The Labute approximate surface area is 123 Å². The quantitative estimate of drug-likeness (QED) is 0.821. The SMILES string of the molecule is O=S(=O)(CCc1ccccc1)NC[C@@H](O)c1cccs1. The van der Waals surface area contributed by atoms with Gasteiger partial charge in [-0.15, -0.1) is 11.3 Å². The van der Waals surface area contributed by atoms with Crippen LogP contribution in [-0.4, -0.2) is 25.8 Å². The van der Waals surface area contributed by atoms with Gasteiger partial charge in [0.25, 0.3) is 0 Å². The smallest absolute Gasteiger partial charge is 0.212 e. The Hall–Kier alpha value is -1.21. The van der Waals surface area contributed by atoms with Crippen LogP contribution in [0, 0.1) is 0 Å². The minimum absolute atomic E-state index is 0.0115. The monoisotopic (exact) mass is 311 g/mol. The number of nitrogens with one attached hydrogen (secondary N) is 1. The fourth-order valence-corrected chi connectivity index (χ4v) is 3.53. The van der Waals surface area contributed by atoms with E-state index in [1.165, 1.54) is 11.3 Å². The van der Waals surface area contributed by atoms with E-state index in [4.69, 9.17) is 0 Å². The van der Waals surface area contributed by atoms with Crippen LogP contribution in [0.2, 0.25) is 0 Å². The third-order valence-electron chi connectivity index (χ3n) is 2.87. The topological polar surface area (TPSA) is 66.4 Å². The van der Waals surface area contributed by atoms with Gasteiger partial charge in [-0.1, -0.05) is 36.4 Å². The molecule has 0 bridgehead atoms. The average molecular weight is 311 g/mol. The Morgan fingerprint density at radius 2 is 1.90 bits per heavy atom. The predicted octanol–water partition coefficient (Wildman–Crippen LogP) is 1.94. The third kappa shape index (κ3) is 4.72. The molecular formula is C14H17NO3S2. The minimum atomic E-state index is -3.37. The molecule has 0 amide bonds. The number of aryl methyl sites for hydroxylation is 1. The Bertz CT molecular complexity index is 609. The lowest BCUT2D eigenvalue weighted by Gasteiger charge is -2.10. The summed E-state index contributed by atoms with van der Waals surface area (Å²) in [5, 5.41) is 11.7. The molecule has 0 spiro atoms. The van der Waals surface area contributed by atoms with Gasteiger partial charge in [-0.25, -0.2) is 13.1 Å². The first-order chi connectivity index (χ1) is 9.57. The largest absolute Gasteiger partial charge is 0.386 e. The van der Waals surface area contributed by atoms with E-state index in [1.54, 1.807) is 6.07 Å². The number of aliphatic hydroxyl groups excluding tert-OH is 1. The van der Waals surface area contributed by atoms with Crippen molar-refractivity contribution in [3.05, 3.63) is 58.3 Å². The van der Waals surface area contributed by atoms with Crippen LogP contribution < -0.4 is 4.72 Å². The first-order valence-electron chi connectivity index (χ1n) is 6.29. The van der Waals surface area contributed by atoms with Crippen LogP contribution in [0.4, 0.5) is 0 Å². The average Bonchev–Trinajstić information content (AvgIpc) is 2.98. The van der Waals surface area contributed by atoms with Crippen LogP contribution in [0.3, 0.4) is 0 Å². The number of thiophene rings is 1. The van der Waals surface area contributed by atoms with E-state index in [9.17, 15) is 13.5 Å². The van der Waals surface area contributed by atoms with Crippen molar-refractivity contribution in [3.63, 3.8) is 0 Å². The maximum Gasteiger partial charge on any atom is 0.212 e. The summed E-state index contributed by atoms with van der Waals surface area (Å²) in [7, 11) is -3.37. The summed E-state index contributed by atoms with van der Waals surface area (Å²) >= 11 is 1.41. The molecule has 6 heteroatoms. The number of benzene rings is 1. The lowest BCUT2D eigenvalue weighted by Crippen LogP contribution is -2.31. The zero-order chi connectivity index (χ0) is 14.4. The molecular weight excluding hydrogens is 294 g/mol. The Balaban J connectivity index is 1.82. The van der Waals surface area contributed by atoms with E-state index in [0.717, 1.165) is 10.4 Å². The summed E-state index contributed by atoms with van der Waals surface area (Å²) < 4.78 is 26.2. The Morgan fingerprint density at radius 3 is 2.55 bits per heavy atom. The van der Waals surface area contributed by atoms with Gasteiger partial charge in [0.1, 0.15) is 6.10 Å². The molecule has 0 saturated carbocycles. The molecule has 0 unspecified atom stereocenters. The normalized spacial score (nSPS) is 13.2. The molecule has 2 rings (SSSR count). The van der Waals surface area contributed by atoms with E-state index in [0.29, 0.717) is 6.42 Å². The van der Waals surface area contributed by atoms with Crippen LogP contribution in [0.25, 0.3) is 0 Å². The molecule has 1 atom stereocenters. The first kappa shape index (κ1) is 15.2. The minimum Gasteiger partial charge on any atom is -0.386 e. The van der Waals surface area contributed by atoms with E-state index < -0.39 is 16.1 Å². The second-order valence-corrected chi connectivity index (χ2v) is 7.34. The van der Waals surface area contributed by atoms with Crippen LogP contribution in [0.1, 0.15) is 16.5 Å². The fraction of sp³-hybridized carbons (Fsp3) is 0.286. The van der Waals surface area contributed by atoms with Crippen molar-refractivity contribution >= 4 is 21.4 Å². The predicted molar refractivity (Wildman–Crippen MR) is 81.2 cm³/mol. The molecule has 20 heavy (non-hydrogen) atoms. The second kappa shape index (κ2) is 6.99. The van der Waals surface area contributed by atoms with Crippen molar-refractivity contribution in [3.8, 4) is 0 Å². The van der Waals surface area contributed by atoms with Gasteiger partial charge >= 0.3 is 0 Å². The van der Waals surface area contributed by atoms with Crippen LogP contribution in [-0.2, 0) is 16.4 Å². The zero-order valence-corrected chi connectivity index (χ0v) is 12.5. The number of hydrogen-bond donors (Lipinski definition) is 2. The molecule has 0 saturated heterocycles. The number of sulfonamides is 1. The van der Waals surface area contributed by atoms with Crippen LogP contribution >= 0.6 is 11.3 Å². The van der Waals surface area contributed by atoms with Crippen LogP contribution in [0.15, 0.2) is 47.8 Å². The highest BCUT2D eigenvalue weighted by molar-refractivity contribution is 7.89. The van der Waals surface area contributed by atoms with Crippen molar-refractivity contribution in [2.24, 2.45) is 0 Å². The molecule has 0 aliphatic rings. The zero-order valence-electron chi connectivity index (χ0n) is 10.9. The molecule has 1 aromatic heterocycles. The summed E-state index contributed by atoms with van der Waals surface area (Å²) in [6.45, 7) is 0.0115. The van der Waals surface area contributed by atoms with Gasteiger partial charge < -0.3 is 5.11 Å². The summed E-state index contributed by atoms with van der Waals surface area (Å²) in [6.07, 6.45) is -0.327. The Kier molecular flexibility index (Phi) is 5.31. The van der Waals surface area contributed by atoms with Crippen molar-refractivity contribution in [1.29, 1.82) is 0 Å². The lowest BCUT2D eigenvalue weighted by atomic mass is 10.2. The van der Waals surface area contributed by atoms with Crippen molar-refractivity contribution < 1.29 is 13.5 Å². The maximum atomic E-state index is 11.9. The summed E-state index contributed by atoms with van der Waals surface area (Å²) in [4.78, 5) is 0.760. The molecule has 108 valence electrons. The van der Waals surface area contributed by atoms with E-state index in [2.05, 4.69) is 4.72 Å². The highest BCUT2D eigenvalue weighted by Crippen LogP contribution is 2.17. The second-order valence-electron chi connectivity index (χ2n) is 4.43. The highest BCUT2D eigenvalue weighted by atomic mass is 32.2. The van der Waals surface area contributed by atoms with Gasteiger partial charge in [0.15, 0.2) is 0 Å². The van der Waals surface area contributed by atoms with Gasteiger partial charge in [-0.05, 0) is 23.4 Å². The van der Waals surface area contributed by atoms with Crippen LogP contribution in [0.5, 0.6) is 0 Å². The van der Waals surface area contributed by atoms with Gasteiger partial charge in [-0.2, -0.15) is 0 Å². The molecule has 0 aliphatic carbocycles. The van der Waals surface area contributed by atoms with Crippen molar-refractivity contribution in [2.75, 3.05) is 12.3 Å². The number of rotatable bonds is 7. The van der Waals surface area contributed by atoms with Crippen molar-refractivity contribution in [1.82, 2.24) is 4.72 Å². The summed E-state index contributed by atoms with van der Waals surface area (Å²) in [5.41, 5.74) is 0.983. The molecule has 2 N–H and O–H groups in total. The first-order valence-corrected chi connectivity index (χ1v) is 8.83. The van der Waals surface area contributed by atoms with Gasteiger partial charge in [0.05, 0.1) is 5.75 Å². The van der Waals surface area contributed by atoms with E-state index in [-0.39, 0.29) is 12.3 Å².